The number of hydrogen-bond donors (Lipinski definition) is 3. The number of carbonyl (C=O) groups is 2. The molecule has 3 aromatic rings. The lowest BCUT2D eigenvalue weighted by molar-refractivity contribution is -0.143. The molecule has 0 fully saturated rings. The first-order valence-electron chi connectivity index (χ1n) is 14.4. The third-order valence-corrected chi connectivity index (χ3v) is 7.25. The van der Waals surface area contributed by atoms with Gasteiger partial charge in [0.15, 0.2) is 6.19 Å². The topological polar surface area (TPSA) is 118 Å². The number of aliphatic imine (C=N–C) groups is 1. The van der Waals surface area contributed by atoms with Crippen molar-refractivity contribution in [2.75, 3.05) is 11.4 Å². The van der Waals surface area contributed by atoms with Crippen LogP contribution in [0.4, 0.5) is 37.7 Å². The summed E-state index contributed by atoms with van der Waals surface area (Å²) in [6.45, 7) is -0.149. The first-order chi connectivity index (χ1) is 22.2. The van der Waals surface area contributed by atoms with Crippen LogP contribution in [0, 0.1) is 11.5 Å². The standard InChI is InChI=1S/C33H29F6N5O3/c34-32(35,36)25-16-26(33(37,38)39)18-27(17-25)43-31(42-20-40)44(28-12-10-23(11-13-28)22-4-2-1-3-5-22)19-21-6-8-24(9-7-21)30(47)41-15-14-29(45)46/h4,6-13,16-18H,1-3,5,14-15,19H2,(H,41,47)(H,42,43)(H,45,46). The summed E-state index contributed by atoms with van der Waals surface area (Å²) in [7, 11) is 0. The van der Waals surface area contributed by atoms with Crippen molar-refractivity contribution in [3.63, 3.8) is 0 Å². The van der Waals surface area contributed by atoms with E-state index in [9.17, 15) is 41.2 Å². The van der Waals surface area contributed by atoms with Gasteiger partial charge in [-0.3, -0.25) is 14.9 Å². The molecule has 0 saturated heterocycles. The fourth-order valence-electron chi connectivity index (χ4n) is 4.90. The Bertz CT molecular complexity index is 1660. The summed E-state index contributed by atoms with van der Waals surface area (Å²) in [6.07, 6.45) is -2.71. The van der Waals surface area contributed by atoms with E-state index in [1.807, 2.05) is 12.1 Å². The maximum atomic E-state index is 13.6. The third kappa shape index (κ3) is 9.59. The van der Waals surface area contributed by atoms with Crippen LogP contribution in [-0.4, -0.2) is 29.5 Å². The van der Waals surface area contributed by atoms with E-state index in [1.54, 1.807) is 30.5 Å². The number of anilines is 1. The summed E-state index contributed by atoms with van der Waals surface area (Å²) >= 11 is 0. The number of benzene rings is 3. The molecule has 1 amide bonds. The molecule has 47 heavy (non-hydrogen) atoms. The number of alkyl halides is 6. The summed E-state index contributed by atoms with van der Waals surface area (Å²) in [5.41, 5.74) is -0.516. The molecular formula is C33H29F6N5O3. The maximum Gasteiger partial charge on any atom is 0.416 e. The Labute approximate surface area is 266 Å². The summed E-state index contributed by atoms with van der Waals surface area (Å²) in [5, 5.41) is 23.1. The van der Waals surface area contributed by atoms with Crippen LogP contribution in [0.1, 0.15) is 64.7 Å². The minimum Gasteiger partial charge on any atom is -0.481 e. The first-order valence-corrected chi connectivity index (χ1v) is 14.4. The van der Waals surface area contributed by atoms with Crippen LogP contribution in [0.25, 0.3) is 5.57 Å². The van der Waals surface area contributed by atoms with E-state index in [0.717, 1.165) is 36.8 Å². The second-order valence-corrected chi connectivity index (χ2v) is 10.6. The molecule has 0 bridgehead atoms. The van der Waals surface area contributed by atoms with Gasteiger partial charge in [-0.25, -0.2) is 4.99 Å². The zero-order valence-electron chi connectivity index (χ0n) is 24.8. The molecule has 3 aromatic carbocycles. The van der Waals surface area contributed by atoms with Crippen molar-refractivity contribution in [1.29, 1.82) is 5.26 Å². The summed E-state index contributed by atoms with van der Waals surface area (Å²) in [4.78, 5) is 28.6. The van der Waals surface area contributed by atoms with Crippen LogP contribution in [0.15, 0.2) is 77.8 Å². The van der Waals surface area contributed by atoms with Crippen LogP contribution in [-0.2, 0) is 23.7 Å². The Morgan fingerprint density at radius 3 is 2.09 bits per heavy atom. The second-order valence-electron chi connectivity index (χ2n) is 10.6. The SMILES string of the molecule is N#CNC(=Nc1cc(C(F)(F)F)cc(C(F)(F)F)c1)N(Cc1ccc(C(=O)NCCC(=O)O)cc1)c1ccc(C2=CCCCC2)cc1. The quantitative estimate of drug-likeness (QED) is 0.0716. The molecule has 0 aromatic heterocycles. The minimum absolute atomic E-state index is 0.00771. The highest BCUT2D eigenvalue weighted by Crippen LogP contribution is 2.38. The number of guanidine groups is 1. The predicted octanol–water partition coefficient (Wildman–Crippen LogP) is 7.65. The monoisotopic (exact) mass is 657 g/mol. The van der Waals surface area contributed by atoms with Crippen LogP contribution in [0.3, 0.4) is 0 Å². The highest BCUT2D eigenvalue weighted by Gasteiger charge is 2.37. The number of nitrogens with zero attached hydrogens (tertiary/aromatic N) is 3. The average molecular weight is 658 g/mol. The number of rotatable bonds is 9. The number of nitrogens with one attached hydrogen (secondary N) is 2. The highest BCUT2D eigenvalue weighted by molar-refractivity contribution is 5.99. The van der Waals surface area contributed by atoms with Crippen molar-refractivity contribution >= 4 is 34.8 Å². The van der Waals surface area contributed by atoms with Gasteiger partial charge in [0.25, 0.3) is 5.91 Å². The number of nitriles is 1. The number of amides is 1. The molecule has 0 atom stereocenters. The van der Waals surface area contributed by atoms with Crippen LogP contribution in [0.2, 0.25) is 0 Å². The average Bonchev–Trinajstić information content (AvgIpc) is 3.03. The largest absolute Gasteiger partial charge is 0.481 e. The van der Waals surface area contributed by atoms with Crippen molar-refractivity contribution in [3.05, 3.63) is 101 Å². The third-order valence-electron chi connectivity index (χ3n) is 7.25. The van der Waals surface area contributed by atoms with Crippen molar-refractivity contribution in [2.45, 2.75) is 51.0 Å². The molecule has 8 nitrogen and oxygen atoms in total. The van der Waals surface area contributed by atoms with Crippen molar-refractivity contribution in [2.24, 2.45) is 4.99 Å². The zero-order valence-corrected chi connectivity index (χ0v) is 24.8. The molecule has 0 heterocycles. The molecule has 4 rings (SSSR count). The van der Waals surface area contributed by atoms with Gasteiger partial charge in [-0.05, 0) is 84.8 Å². The summed E-state index contributed by atoms with van der Waals surface area (Å²) in [5.74, 6) is -1.94. The van der Waals surface area contributed by atoms with E-state index in [1.165, 1.54) is 17.0 Å². The van der Waals surface area contributed by atoms with Crippen molar-refractivity contribution < 1.29 is 41.0 Å². The van der Waals surface area contributed by atoms with E-state index in [2.05, 4.69) is 21.7 Å². The van der Waals surface area contributed by atoms with E-state index >= 15 is 0 Å². The van der Waals surface area contributed by atoms with E-state index < -0.39 is 41.0 Å². The fourth-order valence-corrected chi connectivity index (χ4v) is 4.90. The predicted molar refractivity (Wildman–Crippen MR) is 162 cm³/mol. The van der Waals surface area contributed by atoms with Gasteiger partial charge in [-0.2, -0.15) is 31.6 Å². The molecule has 1 aliphatic rings. The molecular weight excluding hydrogens is 628 g/mol. The molecule has 3 N–H and O–H groups in total. The Kier molecular flexibility index (Phi) is 10.9. The molecule has 0 spiro atoms. The maximum absolute atomic E-state index is 13.6. The number of carbonyl (C=O) groups excluding carboxylic acids is 1. The molecule has 0 radical (unpaired) electrons. The second kappa shape index (κ2) is 14.8. The van der Waals surface area contributed by atoms with Crippen molar-refractivity contribution in [3.8, 4) is 6.19 Å². The summed E-state index contributed by atoms with van der Waals surface area (Å²) < 4.78 is 81.4. The van der Waals surface area contributed by atoms with E-state index in [0.29, 0.717) is 23.4 Å². The lowest BCUT2D eigenvalue weighted by Crippen LogP contribution is -2.39. The van der Waals surface area contributed by atoms with Gasteiger partial charge in [0.05, 0.1) is 29.8 Å². The minimum atomic E-state index is -5.10. The number of hydrogen-bond acceptors (Lipinski definition) is 4. The van der Waals surface area contributed by atoms with Gasteiger partial charge in [0.2, 0.25) is 5.96 Å². The van der Waals surface area contributed by atoms with Gasteiger partial charge in [0, 0.05) is 17.8 Å². The van der Waals surface area contributed by atoms with Gasteiger partial charge in [-0.15, -0.1) is 0 Å². The molecule has 1 aliphatic carbocycles. The number of carboxylic acids is 1. The van der Waals surface area contributed by atoms with Gasteiger partial charge in [-0.1, -0.05) is 30.3 Å². The van der Waals surface area contributed by atoms with Crippen LogP contribution < -0.4 is 15.5 Å². The number of aliphatic carboxylic acids is 1. The molecule has 0 unspecified atom stereocenters. The van der Waals surface area contributed by atoms with Gasteiger partial charge >= 0.3 is 18.3 Å². The summed E-state index contributed by atoms with van der Waals surface area (Å²) in [6, 6.07) is 14.1. The van der Waals surface area contributed by atoms with Gasteiger partial charge < -0.3 is 15.3 Å². The van der Waals surface area contributed by atoms with Gasteiger partial charge in [0.1, 0.15) is 0 Å². The molecule has 14 heteroatoms. The fraction of sp³-hybridized carbons (Fsp3) is 0.273. The highest BCUT2D eigenvalue weighted by atomic mass is 19.4. The Balaban J connectivity index is 1.75. The van der Waals surface area contributed by atoms with Crippen LogP contribution >= 0.6 is 0 Å². The number of allylic oxidation sites excluding steroid dienone is 2. The molecule has 0 saturated carbocycles. The Hall–Kier alpha value is -5.32. The Morgan fingerprint density at radius 2 is 1.55 bits per heavy atom. The Morgan fingerprint density at radius 1 is 0.915 bits per heavy atom. The normalized spacial score (nSPS) is 13.7. The molecule has 246 valence electrons. The smallest absolute Gasteiger partial charge is 0.416 e. The lowest BCUT2D eigenvalue weighted by Gasteiger charge is -2.26. The molecule has 0 aliphatic heterocycles. The van der Waals surface area contributed by atoms with Crippen LogP contribution in [0.5, 0.6) is 0 Å². The van der Waals surface area contributed by atoms with E-state index in [4.69, 9.17) is 5.11 Å². The number of halogens is 6. The zero-order chi connectivity index (χ0) is 34.2. The van der Waals surface area contributed by atoms with Crippen molar-refractivity contribution in [1.82, 2.24) is 10.6 Å². The lowest BCUT2D eigenvalue weighted by atomic mass is 9.93. The first kappa shape index (κ1) is 34.6. The number of carboxylic acid groups (broad SMARTS) is 1. The van der Waals surface area contributed by atoms with E-state index in [-0.39, 0.29) is 37.1 Å².